The largest absolute Gasteiger partial charge is 0.478 e. The number of nitrogens with zero attached hydrogens (tertiary/aromatic N) is 1. The molecule has 0 fully saturated rings. The minimum atomic E-state index is -2.84. The van der Waals surface area contributed by atoms with Crippen molar-refractivity contribution in [1.29, 1.82) is 0 Å². The highest BCUT2D eigenvalue weighted by Crippen LogP contribution is 2.29. The summed E-state index contributed by atoms with van der Waals surface area (Å²) >= 11 is 4.63. The van der Waals surface area contributed by atoms with Crippen LogP contribution in [0.3, 0.4) is 0 Å². The number of carbonyl (C=O) groups is 1. The predicted octanol–water partition coefficient (Wildman–Crippen LogP) is 3.22. The highest BCUT2D eigenvalue weighted by atomic mass is 127. The smallest absolute Gasteiger partial charge is 0.336 e. The molecule has 0 aliphatic rings. The monoisotopic (exact) mass is 391 g/mol. The van der Waals surface area contributed by atoms with Crippen LogP contribution in [-0.2, 0) is 5.33 Å². The molecule has 0 atom stereocenters. The first-order chi connectivity index (χ1) is 6.99. The molecule has 0 amide bonds. The number of aromatic carboxylic acids is 1. The van der Waals surface area contributed by atoms with E-state index in [1.54, 1.807) is 22.6 Å². The van der Waals surface area contributed by atoms with Crippen LogP contribution in [0.5, 0.6) is 0 Å². The van der Waals surface area contributed by atoms with Crippen molar-refractivity contribution in [3.63, 3.8) is 0 Å². The summed E-state index contributed by atoms with van der Waals surface area (Å²) in [6.07, 6.45) is -1.55. The van der Waals surface area contributed by atoms with Gasteiger partial charge in [-0.3, -0.25) is 0 Å². The summed E-state index contributed by atoms with van der Waals surface area (Å²) in [5.41, 5.74) is -0.625. The Morgan fingerprint density at radius 3 is 2.67 bits per heavy atom. The maximum Gasteiger partial charge on any atom is 0.336 e. The third-order valence-electron chi connectivity index (χ3n) is 1.72. The second kappa shape index (κ2) is 5.15. The highest BCUT2D eigenvalue weighted by molar-refractivity contribution is 14.1. The number of pyridine rings is 1. The number of alkyl halides is 3. The average Bonchev–Trinajstić information content (AvgIpc) is 2.16. The predicted molar refractivity (Wildman–Crippen MR) is 61.5 cm³/mol. The van der Waals surface area contributed by atoms with Crippen molar-refractivity contribution in [2.24, 2.45) is 0 Å². The first-order valence-electron chi connectivity index (χ1n) is 3.73. The van der Waals surface area contributed by atoms with E-state index in [1.807, 2.05) is 0 Å². The molecule has 1 N–H and O–H groups in total. The van der Waals surface area contributed by atoms with E-state index >= 15 is 0 Å². The number of hydrogen-bond donors (Lipinski definition) is 1. The lowest BCUT2D eigenvalue weighted by atomic mass is 10.1. The molecular formula is C8H5BrF2INO2. The summed E-state index contributed by atoms with van der Waals surface area (Å²) in [6, 6.07) is 0. The zero-order chi connectivity index (χ0) is 11.6. The Balaban J connectivity index is 3.51. The van der Waals surface area contributed by atoms with Gasteiger partial charge in [0, 0.05) is 11.5 Å². The van der Waals surface area contributed by atoms with E-state index in [0.717, 1.165) is 0 Å². The van der Waals surface area contributed by atoms with Gasteiger partial charge in [-0.2, -0.15) is 0 Å². The van der Waals surface area contributed by atoms with Gasteiger partial charge in [0.1, 0.15) is 3.70 Å². The van der Waals surface area contributed by atoms with Crippen LogP contribution in [0, 0.1) is 3.70 Å². The molecule has 82 valence electrons. The normalized spacial score (nSPS) is 10.7. The van der Waals surface area contributed by atoms with Gasteiger partial charge in [0.2, 0.25) is 0 Å². The van der Waals surface area contributed by atoms with E-state index in [9.17, 15) is 13.6 Å². The molecule has 15 heavy (non-hydrogen) atoms. The summed E-state index contributed by atoms with van der Waals surface area (Å²) < 4.78 is 25.3. The molecule has 0 aliphatic heterocycles. The molecule has 0 radical (unpaired) electrons. The van der Waals surface area contributed by atoms with Crippen LogP contribution >= 0.6 is 38.5 Å². The van der Waals surface area contributed by atoms with Gasteiger partial charge >= 0.3 is 5.97 Å². The number of carboxylic acid groups (broad SMARTS) is 1. The molecule has 0 bridgehead atoms. The summed E-state index contributed by atoms with van der Waals surface area (Å²) in [5.74, 6) is -1.36. The fraction of sp³-hybridized carbons (Fsp3) is 0.250. The Morgan fingerprint density at radius 1 is 1.67 bits per heavy atom. The van der Waals surface area contributed by atoms with Crippen LogP contribution in [0.1, 0.15) is 27.9 Å². The second-order valence-electron chi connectivity index (χ2n) is 2.60. The zero-order valence-corrected chi connectivity index (χ0v) is 10.9. The maximum atomic E-state index is 12.6. The molecule has 3 nitrogen and oxygen atoms in total. The van der Waals surface area contributed by atoms with Gasteiger partial charge < -0.3 is 5.11 Å². The summed E-state index contributed by atoms with van der Waals surface area (Å²) in [5, 5.41) is 9.04. The Labute approximate surface area is 106 Å². The second-order valence-corrected chi connectivity index (χ2v) is 4.18. The standard InChI is InChI=1S/C8H5BrF2INO2/c9-1-3-2-13-7(12)5(6(10)11)4(3)8(14)15/h2,6H,1H2,(H,14,15). The van der Waals surface area contributed by atoms with E-state index in [4.69, 9.17) is 5.11 Å². The lowest BCUT2D eigenvalue weighted by Crippen LogP contribution is -2.10. The van der Waals surface area contributed by atoms with Gasteiger partial charge in [0.25, 0.3) is 6.43 Å². The zero-order valence-electron chi connectivity index (χ0n) is 7.18. The fourth-order valence-electron chi connectivity index (χ4n) is 1.10. The summed E-state index contributed by atoms with van der Waals surface area (Å²) in [4.78, 5) is 14.6. The van der Waals surface area contributed by atoms with Crippen molar-refractivity contribution in [2.75, 3.05) is 0 Å². The van der Waals surface area contributed by atoms with E-state index in [1.165, 1.54) is 6.20 Å². The quantitative estimate of drug-likeness (QED) is 0.489. The molecule has 0 aromatic carbocycles. The molecule has 0 aliphatic carbocycles. The van der Waals surface area contributed by atoms with E-state index in [0.29, 0.717) is 0 Å². The number of carboxylic acids is 1. The van der Waals surface area contributed by atoms with Gasteiger partial charge in [-0.25, -0.2) is 18.6 Å². The Hall–Kier alpha value is -0.310. The molecule has 0 spiro atoms. The van der Waals surface area contributed by atoms with Gasteiger partial charge in [-0.05, 0) is 28.2 Å². The molecule has 7 heteroatoms. The Morgan fingerprint density at radius 2 is 2.27 bits per heavy atom. The van der Waals surface area contributed by atoms with Gasteiger partial charge in [0.05, 0.1) is 11.1 Å². The average molecular weight is 392 g/mol. The first-order valence-corrected chi connectivity index (χ1v) is 5.93. The SMILES string of the molecule is O=C(O)c1c(CBr)cnc(I)c1C(F)F. The number of hydrogen-bond acceptors (Lipinski definition) is 2. The van der Waals surface area contributed by atoms with Crippen LogP contribution in [-0.4, -0.2) is 16.1 Å². The minimum absolute atomic E-state index is 0.0182. The maximum absolute atomic E-state index is 12.6. The lowest BCUT2D eigenvalue weighted by molar-refractivity contribution is 0.0682. The summed E-state index contributed by atoms with van der Waals surface area (Å²) in [6.45, 7) is 0. The lowest BCUT2D eigenvalue weighted by Gasteiger charge is -2.10. The van der Waals surface area contributed by atoms with Crippen molar-refractivity contribution in [3.05, 3.63) is 26.6 Å². The molecule has 1 aromatic rings. The van der Waals surface area contributed by atoms with Crippen molar-refractivity contribution >= 4 is 44.5 Å². The van der Waals surface area contributed by atoms with Crippen LogP contribution in [0.2, 0.25) is 0 Å². The molecular weight excluding hydrogens is 387 g/mol. The fourth-order valence-corrected chi connectivity index (χ4v) is 2.17. The van der Waals surface area contributed by atoms with Crippen molar-refractivity contribution in [1.82, 2.24) is 4.98 Å². The molecule has 0 unspecified atom stereocenters. The van der Waals surface area contributed by atoms with Crippen LogP contribution < -0.4 is 0 Å². The van der Waals surface area contributed by atoms with Gasteiger partial charge in [0.15, 0.2) is 0 Å². The third kappa shape index (κ3) is 2.63. The Bertz CT molecular complexity index is 400. The van der Waals surface area contributed by atoms with Gasteiger partial charge in [-0.1, -0.05) is 15.9 Å². The van der Waals surface area contributed by atoms with Crippen molar-refractivity contribution in [3.8, 4) is 0 Å². The first kappa shape index (κ1) is 12.8. The topological polar surface area (TPSA) is 50.2 Å². The molecule has 1 aromatic heterocycles. The molecule has 0 saturated carbocycles. The summed E-state index contributed by atoms with van der Waals surface area (Å²) in [7, 11) is 0. The third-order valence-corrected chi connectivity index (χ3v) is 3.19. The molecule has 0 saturated heterocycles. The van der Waals surface area contributed by atoms with Crippen molar-refractivity contribution < 1.29 is 18.7 Å². The number of aromatic nitrogens is 1. The van der Waals surface area contributed by atoms with Crippen LogP contribution in [0.4, 0.5) is 8.78 Å². The number of rotatable bonds is 3. The van der Waals surface area contributed by atoms with Gasteiger partial charge in [-0.15, -0.1) is 0 Å². The van der Waals surface area contributed by atoms with E-state index in [2.05, 4.69) is 20.9 Å². The Kier molecular flexibility index (Phi) is 4.38. The van der Waals surface area contributed by atoms with Crippen molar-refractivity contribution in [2.45, 2.75) is 11.8 Å². The molecule has 1 heterocycles. The van der Waals surface area contributed by atoms with E-state index in [-0.39, 0.29) is 20.2 Å². The van der Waals surface area contributed by atoms with Crippen LogP contribution in [0.15, 0.2) is 6.20 Å². The van der Waals surface area contributed by atoms with Crippen LogP contribution in [0.25, 0.3) is 0 Å². The van der Waals surface area contributed by atoms with E-state index < -0.39 is 18.0 Å². The minimum Gasteiger partial charge on any atom is -0.478 e. The number of halogens is 4. The highest BCUT2D eigenvalue weighted by Gasteiger charge is 2.24. The molecule has 1 rings (SSSR count).